The van der Waals surface area contributed by atoms with E-state index in [0.29, 0.717) is 43.9 Å². The number of carbonyl (C=O) groups is 3. The van der Waals surface area contributed by atoms with Crippen LogP contribution in [-0.2, 0) is 31.6 Å². The number of fused-ring (bicyclic) bond motifs is 2. The van der Waals surface area contributed by atoms with Crippen molar-refractivity contribution in [3.05, 3.63) is 68.1 Å². The highest BCUT2D eigenvalue weighted by atomic mass is 32.1. The molecule has 3 N–H and O–H groups in total. The topological polar surface area (TPSA) is 149 Å². The summed E-state index contributed by atoms with van der Waals surface area (Å²) in [7, 11) is 0. The number of likely N-dealkylation sites (tertiary alicyclic amines) is 2. The smallest absolute Gasteiger partial charge is 0.410 e. The normalized spacial score (nSPS) is 27.1. The van der Waals surface area contributed by atoms with Crippen LogP contribution in [0.15, 0.2) is 41.1 Å². The molecule has 3 aromatic rings. The van der Waals surface area contributed by atoms with Gasteiger partial charge in [-0.2, -0.15) is 0 Å². The third-order valence-corrected chi connectivity index (χ3v) is 13.4. The molecule has 7 rings (SSSR count). The Kier molecular flexibility index (Phi) is 11.4. The second kappa shape index (κ2) is 15.4. The summed E-state index contributed by atoms with van der Waals surface area (Å²) in [6, 6.07) is 9.61. The van der Waals surface area contributed by atoms with Crippen LogP contribution in [0.1, 0.15) is 81.4 Å². The van der Waals surface area contributed by atoms with Gasteiger partial charge in [-0.3, -0.25) is 0 Å². The zero-order valence-electron chi connectivity index (χ0n) is 32.8. The summed E-state index contributed by atoms with van der Waals surface area (Å²) < 4.78 is 16.5. The lowest BCUT2D eigenvalue weighted by atomic mass is 10.0. The summed E-state index contributed by atoms with van der Waals surface area (Å²) in [6.45, 7) is 19.4. The molecule has 1 aromatic carbocycles. The van der Waals surface area contributed by atoms with Crippen molar-refractivity contribution in [3.63, 3.8) is 0 Å². The van der Waals surface area contributed by atoms with Gasteiger partial charge in [0, 0.05) is 72.2 Å². The van der Waals surface area contributed by atoms with E-state index in [1.54, 1.807) is 27.6 Å². The van der Waals surface area contributed by atoms with Gasteiger partial charge in [0.25, 0.3) is 0 Å². The van der Waals surface area contributed by atoms with Crippen LogP contribution in [-0.4, -0.2) is 88.5 Å². The molecule has 6 unspecified atom stereocenters. The van der Waals surface area contributed by atoms with Crippen LogP contribution in [0.3, 0.4) is 0 Å². The largest absolute Gasteiger partial charge is 0.445 e. The Bertz CT molecular complexity index is 1800. The van der Waals surface area contributed by atoms with E-state index < -0.39 is 17.3 Å². The molecule has 3 amide bonds. The molecule has 14 heteroatoms. The molecule has 4 heterocycles. The van der Waals surface area contributed by atoms with E-state index in [-0.39, 0.29) is 35.5 Å². The Morgan fingerprint density at radius 2 is 1.28 bits per heavy atom. The third kappa shape index (κ3) is 8.55. The fraction of sp³-hybridized carbons (Fsp3) is 0.625. The van der Waals surface area contributed by atoms with Gasteiger partial charge in [0.15, 0.2) is 0 Å². The summed E-state index contributed by atoms with van der Waals surface area (Å²) in [5.74, 6) is 1.59. The molecule has 0 spiro atoms. The Morgan fingerprint density at radius 3 is 1.74 bits per heavy atom. The number of aryl methyl sites for hydroxylation is 2. The number of alkyl carbamates (subject to hydrolysis) is 1. The number of piperidine rings is 2. The minimum atomic E-state index is -0.523. The van der Waals surface area contributed by atoms with E-state index in [1.807, 2.05) is 96.0 Å². The highest BCUT2D eigenvalue weighted by Gasteiger charge is 2.69. The molecule has 0 bridgehead atoms. The van der Waals surface area contributed by atoms with Crippen LogP contribution < -0.4 is 11.1 Å². The summed E-state index contributed by atoms with van der Waals surface area (Å²) >= 11 is 3.33. The molecule has 0 radical (unpaired) electrons. The summed E-state index contributed by atoms with van der Waals surface area (Å²) in [6.07, 6.45) is 0.929. The highest BCUT2D eigenvalue weighted by Crippen LogP contribution is 2.64. The van der Waals surface area contributed by atoms with Gasteiger partial charge in [-0.05, 0) is 97.5 Å². The number of nitrogens with one attached hydrogen (secondary N) is 1. The first kappa shape index (κ1) is 39.9. The lowest BCUT2D eigenvalue weighted by Crippen LogP contribution is -2.41. The molecule has 2 aliphatic heterocycles. The zero-order valence-corrected chi connectivity index (χ0v) is 34.5. The summed E-state index contributed by atoms with van der Waals surface area (Å²) in [5.41, 5.74) is 7.85. The lowest BCUT2D eigenvalue weighted by molar-refractivity contribution is 0.0196. The Balaban J connectivity index is 0.000000197. The van der Waals surface area contributed by atoms with Crippen molar-refractivity contribution < 1.29 is 28.6 Å². The van der Waals surface area contributed by atoms with Crippen molar-refractivity contribution in [1.29, 1.82) is 0 Å². The number of ether oxygens (including phenoxy) is 3. The Hall–Kier alpha value is -3.75. The first-order valence-corrected chi connectivity index (χ1v) is 20.7. The van der Waals surface area contributed by atoms with Crippen LogP contribution in [0.5, 0.6) is 0 Å². The molecule has 2 saturated heterocycles. The number of aromatic nitrogens is 2. The van der Waals surface area contributed by atoms with Crippen molar-refractivity contribution >= 4 is 41.0 Å². The number of nitrogens with zero attached hydrogens (tertiary/aromatic N) is 4. The molecule has 12 nitrogen and oxygen atoms in total. The van der Waals surface area contributed by atoms with Crippen molar-refractivity contribution in [2.45, 2.75) is 96.9 Å². The molecule has 2 aliphatic carbocycles. The molecule has 2 saturated carbocycles. The number of benzene rings is 1. The molecule has 6 atom stereocenters. The molecule has 54 heavy (non-hydrogen) atoms. The van der Waals surface area contributed by atoms with E-state index in [9.17, 15) is 14.4 Å². The Morgan fingerprint density at radius 1 is 0.796 bits per heavy atom. The average Bonchev–Trinajstić information content (AvgIpc) is 3.77. The van der Waals surface area contributed by atoms with Gasteiger partial charge in [0.2, 0.25) is 0 Å². The number of hydrogen-bond donors (Lipinski definition) is 2. The van der Waals surface area contributed by atoms with E-state index in [4.69, 9.17) is 24.9 Å². The van der Waals surface area contributed by atoms with Crippen LogP contribution in [0.25, 0.3) is 0 Å². The van der Waals surface area contributed by atoms with E-state index in [1.165, 1.54) is 0 Å². The number of carbonyl (C=O) groups excluding carboxylic acids is 3. The van der Waals surface area contributed by atoms with Gasteiger partial charge in [0.1, 0.15) is 27.8 Å². The first-order valence-electron chi connectivity index (χ1n) is 18.9. The fourth-order valence-electron chi connectivity index (χ4n) is 8.43. The Labute approximate surface area is 327 Å². The number of thiazole rings is 2. The monoisotopic (exact) mass is 780 g/mol. The maximum Gasteiger partial charge on any atom is 0.410 e. The maximum absolute atomic E-state index is 12.6. The van der Waals surface area contributed by atoms with Crippen LogP contribution >= 0.6 is 22.7 Å². The number of hydrogen-bond acceptors (Lipinski definition) is 11. The van der Waals surface area contributed by atoms with E-state index in [2.05, 4.69) is 15.7 Å². The fourth-order valence-corrected chi connectivity index (χ4v) is 10.7. The van der Waals surface area contributed by atoms with Gasteiger partial charge in [0.05, 0.1) is 0 Å². The van der Waals surface area contributed by atoms with Gasteiger partial charge in [-0.15, -0.1) is 22.7 Å². The second-order valence-corrected chi connectivity index (χ2v) is 18.9. The number of amides is 3. The predicted molar refractivity (Wildman–Crippen MR) is 210 cm³/mol. The first-order chi connectivity index (χ1) is 25.5. The number of rotatable bonds is 7. The van der Waals surface area contributed by atoms with Crippen LogP contribution in [0.2, 0.25) is 0 Å². The van der Waals surface area contributed by atoms with Crippen molar-refractivity contribution in [3.8, 4) is 0 Å². The van der Waals surface area contributed by atoms with Crippen LogP contribution in [0.4, 0.5) is 14.4 Å². The zero-order chi connectivity index (χ0) is 39.1. The maximum atomic E-state index is 12.6. The molecule has 4 aliphatic rings. The van der Waals surface area contributed by atoms with Gasteiger partial charge in [-0.1, -0.05) is 30.3 Å². The summed E-state index contributed by atoms with van der Waals surface area (Å²) in [4.78, 5) is 50.4. The van der Waals surface area contributed by atoms with Gasteiger partial charge in [-0.25, -0.2) is 24.4 Å². The predicted octanol–water partition coefficient (Wildman–Crippen LogP) is 7.04. The van der Waals surface area contributed by atoms with Gasteiger partial charge >= 0.3 is 18.3 Å². The lowest BCUT2D eigenvalue weighted by Gasteiger charge is -2.29. The second-order valence-electron chi connectivity index (χ2n) is 17.1. The highest BCUT2D eigenvalue weighted by molar-refractivity contribution is 7.10. The quantitative estimate of drug-likeness (QED) is 0.241. The average molecular weight is 781 g/mol. The third-order valence-electron chi connectivity index (χ3n) is 11.1. The van der Waals surface area contributed by atoms with Crippen molar-refractivity contribution in [2.24, 2.45) is 29.4 Å². The van der Waals surface area contributed by atoms with Crippen molar-refractivity contribution in [1.82, 2.24) is 25.1 Å². The molecule has 294 valence electrons. The van der Waals surface area contributed by atoms with E-state index in [0.717, 1.165) is 52.9 Å². The minimum absolute atomic E-state index is 0.0182. The molecular weight excluding hydrogens is 725 g/mol. The molecule has 4 fully saturated rings. The van der Waals surface area contributed by atoms with Crippen LogP contribution in [0, 0.1) is 37.5 Å². The summed E-state index contributed by atoms with van der Waals surface area (Å²) in [5, 5.41) is 9.28. The standard InChI is InChI=1S/C24H31N3O4S.C16H25N3O2S/c1-16-14-32-20(26-16)24(15-25-21(28)30-13-17-8-6-5-7-9-17)18-10-11-27(12-19(18)24)22(29)31-23(2,3)4;1-10-8-22-13(18-10)16(9-17)11-5-6-19(7-12(11)16)14(20)21-15(2,3)4/h5-9,14,18-19H,10-13,15H2,1-4H3,(H,25,28);8,11-12H,5-7,9,17H2,1-4H3. The minimum Gasteiger partial charge on any atom is -0.445 e. The van der Waals surface area contributed by atoms with E-state index >= 15 is 0 Å². The molecule has 2 aromatic heterocycles. The molecular formula is C40H56N6O6S2. The number of nitrogens with two attached hydrogens (primary N) is 1. The van der Waals surface area contributed by atoms with Crippen molar-refractivity contribution in [2.75, 3.05) is 39.3 Å². The van der Waals surface area contributed by atoms with Gasteiger partial charge < -0.3 is 35.1 Å². The SMILES string of the molecule is Cc1csc(C2(CN)C3CCN(C(=O)OC(C)(C)C)CC32)n1.Cc1csc(C2(CNC(=O)OCc3ccccc3)C3CCN(C(=O)OC(C)(C)C)CC32)n1.